The summed E-state index contributed by atoms with van der Waals surface area (Å²) in [5.74, 6) is -0.434. The quantitative estimate of drug-likeness (QED) is 0.712. The van der Waals surface area contributed by atoms with E-state index in [4.69, 9.17) is 4.74 Å². The summed E-state index contributed by atoms with van der Waals surface area (Å²) >= 11 is 0. The Hall–Kier alpha value is -1.51. The normalized spacial score (nSPS) is 10.3. The van der Waals surface area contributed by atoms with Gasteiger partial charge in [0.25, 0.3) is 0 Å². The van der Waals surface area contributed by atoms with Gasteiger partial charge in [-0.25, -0.2) is 4.79 Å². The lowest BCUT2D eigenvalue weighted by Gasteiger charge is -2.10. The zero-order valence-corrected chi connectivity index (χ0v) is 11.2. The summed E-state index contributed by atoms with van der Waals surface area (Å²) in [6.07, 6.45) is 5.09. The molecule has 18 heavy (non-hydrogen) atoms. The van der Waals surface area contributed by atoms with E-state index in [0.29, 0.717) is 12.4 Å². The highest BCUT2D eigenvalue weighted by Gasteiger charge is 2.12. The van der Waals surface area contributed by atoms with E-state index in [2.05, 4.69) is 13.8 Å². The zero-order valence-electron chi connectivity index (χ0n) is 11.2. The Kier molecular flexibility index (Phi) is 6.26. The van der Waals surface area contributed by atoms with Crippen molar-refractivity contribution in [1.82, 2.24) is 0 Å². The van der Waals surface area contributed by atoms with E-state index in [1.165, 1.54) is 0 Å². The molecule has 0 heterocycles. The van der Waals surface area contributed by atoms with E-state index in [-0.39, 0.29) is 5.56 Å². The lowest BCUT2D eigenvalue weighted by atomic mass is 10.0. The number of carboxylic acid groups (broad SMARTS) is 1. The molecule has 3 nitrogen and oxygen atoms in total. The topological polar surface area (TPSA) is 46.5 Å². The van der Waals surface area contributed by atoms with Gasteiger partial charge in [-0.05, 0) is 37.0 Å². The first kappa shape index (κ1) is 14.6. The molecule has 1 aromatic rings. The molecule has 1 N–H and O–H groups in total. The molecule has 0 aromatic heterocycles. The third-order valence-corrected chi connectivity index (χ3v) is 2.85. The standard InChI is InChI=1S/C15H22O3/c1-3-5-7-12-8-9-14(18-10-6-4-2)13(11-12)15(16)17/h8-9,11H,3-7,10H2,1-2H3,(H,16,17). The van der Waals surface area contributed by atoms with Crippen molar-refractivity contribution in [2.45, 2.75) is 46.0 Å². The van der Waals surface area contributed by atoms with E-state index < -0.39 is 5.97 Å². The molecule has 0 fully saturated rings. The van der Waals surface area contributed by atoms with Gasteiger partial charge in [-0.3, -0.25) is 0 Å². The lowest BCUT2D eigenvalue weighted by molar-refractivity contribution is 0.0692. The van der Waals surface area contributed by atoms with Crippen LogP contribution in [0, 0.1) is 0 Å². The molecule has 0 saturated heterocycles. The summed E-state index contributed by atoms with van der Waals surface area (Å²) in [6.45, 7) is 4.78. The Morgan fingerprint density at radius 2 is 1.94 bits per heavy atom. The minimum absolute atomic E-state index is 0.278. The first-order valence-electron chi connectivity index (χ1n) is 6.68. The van der Waals surface area contributed by atoms with Crippen LogP contribution in [-0.4, -0.2) is 17.7 Å². The molecular weight excluding hydrogens is 228 g/mol. The highest BCUT2D eigenvalue weighted by molar-refractivity contribution is 5.91. The van der Waals surface area contributed by atoms with Gasteiger partial charge in [0, 0.05) is 0 Å². The molecular formula is C15H22O3. The van der Waals surface area contributed by atoms with Gasteiger partial charge in [0.05, 0.1) is 6.61 Å². The molecule has 0 saturated carbocycles. The molecule has 0 aliphatic rings. The fourth-order valence-electron chi connectivity index (χ4n) is 1.73. The van der Waals surface area contributed by atoms with Gasteiger partial charge in [0.15, 0.2) is 0 Å². The first-order chi connectivity index (χ1) is 8.69. The van der Waals surface area contributed by atoms with E-state index in [1.54, 1.807) is 12.1 Å². The maximum atomic E-state index is 11.2. The van der Waals surface area contributed by atoms with Crippen LogP contribution in [0.4, 0.5) is 0 Å². The molecule has 0 unspecified atom stereocenters. The predicted molar refractivity (Wildman–Crippen MR) is 72.4 cm³/mol. The summed E-state index contributed by atoms with van der Waals surface area (Å²) in [7, 11) is 0. The molecule has 0 atom stereocenters. The number of aromatic carboxylic acids is 1. The minimum Gasteiger partial charge on any atom is -0.493 e. The second-order valence-electron chi connectivity index (χ2n) is 4.44. The van der Waals surface area contributed by atoms with Crippen molar-refractivity contribution in [3.8, 4) is 5.75 Å². The molecule has 100 valence electrons. The molecule has 0 spiro atoms. The predicted octanol–water partition coefficient (Wildman–Crippen LogP) is 3.91. The monoisotopic (exact) mass is 250 g/mol. The van der Waals surface area contributed by atoms with Crippen molar-refractivity contribution >= 4 is 5.97 Å². The maximum absolute atomic E-state index is 11.2. The first-order valence-corrected chi connectivity index (χ1v) is 6.68. The smallest absolute Gasteiger partial charge is 0.339 e. The number of carbonyl (C=O) groups is 1. The summed E-state index contributed by atoms with van der Waals surface area (Å²) in [4.78, 5) is 11.2. The van der Waals surface area contributed by atoms with Crippen LogP contribution in [0.3, 0.4) is 0 Å². The Morgan fingerprint density at radius 3 is 2.56 bits per heavy atom. The average molecular weight is 250 g/mol. The molecule has 1 aromatic carbocycles. The van der Waals surface area contributed by atoms with Crippen LogP contribution < -0.4 is 4.74 Å². The summed E-state index contributed by atoms with van der Waals surface area (Å²) in [5, 5.41) is 9.19. The van der Waals surface area contributed by atoms with Crippen LogP contribution in [0.5, 0.6) is 5.75 Å². The Morgan fingerprint density at radius 1 is 1.22 bits per heavy atom. The van der Waals surface area contributed by atoms with E-state index >= 15 is 0 Å². The largest absolute Gasteiger partial charge is 0.493 e. The number of rotatable bonds is 8. The second kappa shape index (κ2) is 7.75. The molecule has 0 aliphatic heterocycles. The molecule has 0 aliphatic carbocycles. The van der Waals surface area contributed by atoms with Crippen LogP contribution in [0.15, 0.2) is 18.2 Å². The van der Waals surface area contributed by atoms with Crippen LogP contribution in [0.25, 0.3) is 0 Å². The Bertz CT molecular complexity index is 385. The number of benzene rings is 1. The van der Waals surface area contributed by atoms with E-state index in [9.17, 15) is 9.90 Å². The molecule has 0 amide bonds. The number of unbranched alkanes of at least 4 members (excludes halogenated alkanes) is 2. The average Bonchev–Trinajstić information content (AvgIpc) is 2.37. The zero-order chi connectivity index (χ0) is 13.4. The Balaban J connectivity index is 2.80. The van der Waals surface area contributed by atoms with Gasteiger partial charge in [-0.1, -0.05) is 32.8 Å². The summed E-state index contributed by atoms with van der Waals surface area (Å²) in [6, 6.07) is 5.48. The number of hydrogen-bond donors (Lipinski definition) is 1. The third-order valence-electron chi connectivity index (χ3n) is 2.85. The number of ether oxygens (including phenoxy) is 1. The fraction of sp³-hybridized carbons (Fsp3) is 0.533. The van der Waals surface area contributed by atoms with Crippen molar-refractivity contribution in [2.75, 3.05) is 6.61 Å². The van der Waals surface area contributed by atoms with Crippen LogP contribution >= 0.6 is 0 Å². The molecule has 0 bridgehead atoms. The van der Waals surface area contributed by atoms with Gasteiger partial charge in [0.2, 0.25) is 0 Å². The van der Waals surface area contributed by atoms with Crippen molar-refractivity contribution in [3.05, 3.63) is 29.3 Å². The van der Waals surface area contributed by atoms with Crippen molar-refractivity contribution < 1.29 is 14.6 Å². The lowest BCUT2D eigenvalue weighted by Crippen LogP contribution is -2.05. The Labute approximate surface area is 109 Å². The summed E-state index contributed by atoms with van der Waals surface area (Å²) < 4.78 is 5.52. The van der Waals surface area contributed by atoms with Crippen molar-refractivity contribution in [1.29, 1.82) is 0 Å². The molecule has 1 rings (SSSR count). The molecule has 3 heteroatoms. The summed E-state index contributed by atoms with van der Waals surface area (Å²) in [5.41, 5.74) is 1.34. The van der Waals surface area contributed by atoms with Gasteiger partial charge in [-0.15, -0.1) is 0 Å². The van der Waals surface area contributed by atoms with E-state index in [0.717, 1.165) is 37.7 Å². The third kappa shape index (κ3) is 4.40. The number of carboxylic acids is 1. The number of aryl methyl sites for hydroxylation is 1. The van der Waals surface area contributed by atoms with Gasteiger partial charge in [0.1, 0.15) is 11.3 Å². The van der Waals surface area contributed by atoms with Gasteiger partial charge >= 0.3 is 5.97 Å². The highest BCUT2D eigenvalue weighted by Crippen LogP contribution is 2.21. The minimum atomic E-state index is -0.917. The second-order valence-corrected chi connectivity index (χ2v) is 4.44. The van der Waals surface area contributed by atoms with Crippen LogP contribution in [0.1, 0.15) is 55.5 Å². The number of hydrogen-bond acceptors (Lipinski definition) is 2. The SMILES string of the molecule is CCCCOc1ccc(CCCC)cc1C(=O)O. The van der Waals surface area contributed by atoms with E-state index in [1.807, 2.05) is 6.07 Å². The van der Waals surface area contributed by atoms with Crippen LogP contribution in [0.2, 0.25) is 0 Å². The van der Waals surface area contributed by atoms with Crippen molar-refractivity contribution in [2.24, 2.45) is 0 Å². The van der Waals surface area contributed by atoms with Gasteiger partial charge in [-0.2, -0.15) is 0 Å². The van der Waals surface area contributed by atoms with Gasteiger partial charge < -0.3 is 9.84 Å². The molecule has 0 radical (unpaired) electrons. The highest BCUT2D eigenvalue weighted by atomic mass is 16.5. The fourth-order valence-corrected chi connectivity index (χ4v) is 1.73. The maximum Gasteiger partial charge on any atom is 0.339 e. The van der Waals surface area contributed by atoms with Crippen LogP contribution in [-0.2, 0) is 6.42 Å². The van der Waals surface area contributed by atoms with Crippen molar-refractivity contribution in [3.63, 3.8) is 0 Å².